The van der Waals surface area contributed by atoms with E-state index in [4.69, 9.17) is 4.74 Å². The average Bonchev–Trinajstić information content (AvgIpc) is 3.01. The van der Waals surface area contributed by atoms with Gasteiger partial charge in [-0.25, -0.2) is 13.1 Å². The molecule has 0 saturated carbocycles. The van der Waals surface area contributed by atoms with E-state index in [1.165, 1.54) is 12.1 Å². The number of nitrogens with zero attached hydrogens (tertiary/aromatic N) is 1. The first-order chi connectivity index (χ1) is 11.4. The minimum absolute atomic E-state index is 0.0515. The molecule has 1 atom stereocenters. The van der Waals surface area contributed by atoms with E-state index in [9.17, 15) is 13.2 Å². The third-order valence-corrected chi connectivity index (χ3v) is 5.91. The molecule has 2 N–H and O–H groups in total. The zero-order chi connectivity index (χ0) is 17.3. The lowest BCUT2D eigenvalue weighted by Crippen LogP contribution is -2.43. The standard InChI is InChI=1S/C16H23N3O4S/c1-11(2)19-7-3-4-12(19)9-17-24(21,22)13-5-6-15-14(8-13)18-16(20)10-23-15/h5-6,8,11-12,17H,3-4,7,9-10H2,1-2H3,(H,18,20)/t12-/m0/s1. The van der Waals surface area contributed by atoms with Crippen molar-refractivity contribution in [2.75, 3.05) is 25.0 Å². The lowest BCUT2D eigenvalue weighted by Gasteiger charge is -2.28. The quantitative estimate of drug-likeness (QED) is 0.830. The Balaban J connectivity index is 1.72. The van der Waals surface area contributed by atoms with Gasteiger partial charge >= 0.3 is 0 Å². The highest BCUT2D eigenvalue weighted by atomic mass is 32.2. The van der Waals surface area contributed by atoms with Gasteiger partial charge in [-0.15, -0.1) is 0 Å². The Bertz CT molecular complexity index is 733. The van der Waals surface area contributed by atoms with E-state index in [1.54, 1.807) is 6.07 Å². The van der Waals surface area contributed by atoms with Crippen molar-refractivity contribution < 1.29 is 17.9 Å². The summed E-state index contributed by atoms with van der Waals surface area (Å²) in [6, 6.07) is 5.12. The van der Waals surface area contributed by atoms with Gasteiger partial charge < -0.3 is 10.1 Å². The number of benzene rings is 1. The molecule has 7 nitrogen and oxygen atoms in total. The zero-order valence-corrected chi connectivity index (χ0v) is 14.7. The van der Waals surface area contributed by atoms with Gasteiger partial charge in [-0.1, -0.05) is 0 Å². The van der Waals surface area contributed by atoms with Crippen molar-refractivity contribution >= 4 is 21.6 Å². The summed E-state index contributed by atoms with van der Waals surface area (Å²) in [6.45, 7) is 5.59. The maximum Gasteiger partial charge on any atom is 0.262 e. The lowest BCUT2D eigenvalue weighted by atomic mass is 10.2. The SMILES string of the molecule is CC(C)N1CCC[C@H]1CNS(=O)(=O)c1ccc2c(c1)NC(=O)CO2. The van der Waals surface area contributed by atoms with Crippen LogP contribution in [0.3, 0.4) is 0 Å². The molecule has 0 unspecified atom stereocenters. The van der Waals surface area contributed by atoms with E-state index in [2.05, 4.69) is 28.8 Å². The first-order valence-electron chi connectivity index (χ1n) is 8.19. The van der Waals surface area contributed by atoms with Crippen molar-refractivity contribution in [3.05, 3.63) is 18.2 Å². The van der Waals surface area contributed by atoms with E-state index in [0.717, 1.165) is 19.4 Å². The van der Waals surface area contributed by atoms with Crippen LogP contribution in [0, 0.1) is 0 Å². The smallest absolute Gasteiger partial charge is 0.262 e. The Morgan fingerprint density at radius 2 is 2.21 bits per heavy atom. The molecular weight excluding hydrogens is 330 g/mol. The minimum Gasteiger partial charge on any atom is -0.482 e. The number of hydrogen-bond acceptors (Lipinski definition) is 5. The zero-order valence-electron chi connectivity index (χ0n) is 13.9. The number of fused-ring (bicyclic) bond motifs is 1. The van der Waals surface area contributed by atoms with Gasteiger partial charge in [-0.2, -0.15) is 0 Å². The summed E-state index contributed by atoms with van der Waals surface area (Å²) in [7, 11) is -3.63. The van der Waals surface area contributed by atoms with Crippen LogP contribution in [0.2, 0.25) is 0 Å². The highest BCUT2D eigenvalue weighted by Crippen LogP contribution is 2.30. The molecule has 2 heterocycles. The largest absolute Gasteiger partial charge is 0.482 e. The van der Waals surface area contributed by atoms with Gasteiger partial charge in [0.15, 0.2) is 6.61 Å². The van der Waals surface area contributed by atoms with Crippen LogP contribution in [0.5, 0.6) is 5.75 Å². The number of carbonyl (C=O) groups excluding carboxylic acids is 1. The molecule has 1 fully saturated rings. The molecule has 0 aromatic heterocycles. The highest BCUT2D eigenvalue weighted by molar-refractivity contribution is 7.89. The first kappa shape index (κ1) is 17.2. The second-order valence-corrected chi connectivity index (χ2v) is 8.24. The van der Waals surface area contributed by atoms with Gasteiger partial charge in [0.05, 0.1) is 10.6 Å². The summed E-state index contributed by atoms with van der Waals surface area (Å²) in [6.07, 6.45) is 2.08. The fourth-order valence-electron chi connectivity index (χ4n) is 3.28. The van der Waals surface area contributed by atoms with E-state index in [0.29, 0.717) is 24.0 Å². The van der Waals surface area contributed by atoms with Gasteiger partial charge in [0.1, 0.15) is 5.75 Å². The van der Waals surface area contributed by atoms with Crippen molar-refractivity contribution in [2.45, 2.75) is 43.7 Å². The maximum absolute atomic E-state index is 12.5. The molecule has 1 aromatic rings. The maximum atomic E-state index is 12.5. The predicted octanol–water partition coefficient (Wildman–Crippen LogP) is 1.17. The Morgan fingerprint density at radius 1 is 1.42 bits per heavy atom. The van der Waals surface area contributed by atoms with Crippen molar-refractivity contribution in [1.82, 2.24) is 9.62 Å². The Labute approximate surface area is 142 Å². The van der Waals surface area contributed by atoms with Crippen LogP contribution in [0.25, 0.3) is 0 Å². The van der Waals surface area contributed by atoms with Crippen LogP contribution in [0.15, 0.2) is 23.1 Å². The number of hydrogen-bond donors (Lipinski definition) is 2. The molecule has 1 saturated heterocycles. The van der Waals surface area contributed by atoms with Crippen LogP contribution >= 0.6 is 0 Å². The summed E-state index contributed by atoms with van der Waals surface area (Å²) in [5, 5.41) is 2.63. The number of anilines is 1. The molecular formula is C16H23N3O4S. The van der Waals surface area contributed by atoms with Crippen molar-refractivity contribution in [2.24, 2.45) is 0 Å². The number of ether oxygens (including phenoxy) is 1. The molecule has 0 bridgehead atoms. The first-order valence-corrected chi connectivity index (χ1v) is 9.67. The predicted molar refractivity (Wildman–Crippen MR) is 90.6 cm³/mol. The number of sulfonamides is 1. The topological polar surface area (TPSA) is 87.7 Å². The van der Waals surface area contributed by atoms with Gasteiger partial charge in [0, 0.05) is 18.6 Å². The van der Waals surface area contributed by atoms with Gasteiger partial charge in [-0.05, 0) is 51.4 Å². The number of likely N-dealkylation sites (tertiary alicyclic amines) is 1. The second kappa shape index (κ2) is 6.70. The number of nitrogens with one attached hydrogen (secondary N) is 2. The molecule has 8 heteroatoms. The highest BCUT2D eigenvalue weighted by Gasteiger charge is 2.28. The third kappa shape index (κ3) is 3.55. The third-order valence-electron chi connectivity index (χ3n) is 4.49. The van der Waals surface area contributed by atoms with Crippen molar-refractivity contribution in [3.8, 4) is 5.75 Å². The van der Waals surface area contributed by atoms with Gasteiger partial charge in [0.2, 0.25) is 10.0 Å². The van der Waals surface area contributed by atoms with Crippen molar-refractivity contribution in [3.63, 3.8) is 0 Å². The normalized spacial score (nSPS) is 21.5. The van der Waals surface area contributed by atoms with Crippen LogP contribution in [-0.4, -0.2) is 51.0 Å². The Hall–Kier alpha value is -1.64. The summed E-state index contributed by atoms with van der Waals surface area (Å²) in [5.74, 6) is 0.193. The van der Waals surface area contributed by atoms with Gasteiger partial charge in [0.25, 0.3) is 5.91 Å². The molecule has 2 aliphatic rings. The fourth-order valence-corrected chi connectivity index (χ4v) is 4.37. The Morgan fingerprint density at radius 3 is 2.96 bits per heavy atom. The lowest BCUT2D eigenvalue weighted by molar-refractivity contribution is -0.118. The summed E-state index contributed by atoms with van der Waals surface area (Å²) < 4.78 is 33.0. The molecule has 24 heavy (non-hydrogen) atoms. The van der Waals surface area contributed by atoms with Crippen LogP contribution in [-0.2, 0) is 14.8 Å². The number of amides is 1. The molecule has 132 valence electrons. The summed E-state index contributed by atoms with van der Waals surface area (Å²) in [4.78, 5) is 13.8. The molecule has 1 aromatic carbocycles. The average molecular weight is 353 g/mol. The number of carbonyl (C=O) groups is 1. The van der Waals surface area contributed by atoms with Crippen LogP contribution in [0.4, 0.5) is 5.69 Å². The molecule has 0 spiro atoms. The summed E-state index contributed by atoms with van der Waals surface area (Å²) in [5.41, 5.74) is 0.388. The molecule has 0 aliphatic carbocycles. The van der Waals surface area contributed by atoms with Gasteiger partial charge in [-0.3, -0.25) is 9.69 Å². The van der Waals surface area contributed by atoms with E-state index in [1.807, 2.05) is 0 Å². The Kier molecular flexibility index (Phi) is 4.80. The molecule has 1 amide bonds. The second-order valence-electron chi connectivity index (χ2n) is 6.47. The molecule has 3 rings (SSSR count). The minimum atomic E-state index is -3.63. The van der Waals surface area contributed by atoms with E-state index in [-0.39, 0.29) is 23.5 Å². The van der Waals surface area contributed by atoms with E-state index >= 15 is 0 Å². The van der Waals surface area contributed by atoms with Crippen LogP contribution < -0.4 is 14.8 Å². The molecule has 0 radical (unpaired) electrons. The monoisotopic (exact) mass is 353 g/mol. The van der Waals surface area contributed by atoms with E-state index < -0.39 is 10.0 Å². The fraction of sp³-hybridized carbons (Fsp3) is 0.562. The summed E-state index contributed by atoms with van der Waals surface area (Å²) >= 11 is 0. The number of rotatable bonds is 5. The van der Waals surface area contributed by atoms with Crippen molar-refractivity contribution in [1.29, 1.82) is 0 Å². The molecule has 2 aliphatic heterocycles. The van der Waals surface area contributed by atoms with Crippen LogP contribution in [0.1, 0.15) is 26.7 Å².